The van der Waals surface area contributed by atoms with E-state index in [1.165, 1.54) is 6.92 Å². The standard InChI is InChI=1S/C10H19N3O3/c1-7(14)12-3-4-13-10(15)8-5-16-6-9(8)11-2/h8-9,11H,3-6H2,1-2H3,(H,12,14)(H,13,15). The Kier molecular flexibility index (Phi) is 5.21. The zero-order chi connectivity index (χ0) is 12.0. The van der Waals surface area contributed by atoms with Gasteiger partial charge in [0.2, 0.25) is 11.8 Å². The van der Waals surface area contributed by atoms with Gasteiger partial charge in [-0.15, -0.1) is 0 Å². The fourth-order valence-corrected chi connectivity index (χ4v) is 1.65. The molecule has 1 heterocycles. The second kappa shape index (κ2) is 6.44. The number of hydrogen-bond donors (Lipinski definition) is 3. The Morgan fingerprint density at radius 2 is 1.94 bits per heavy atom. The number of hydrogen-bond acceptors (Lipinski definition) is 4. The third-order valence-corrected chi connectivity index (χ3v) is 2.59. The molecule has 0 spiro atoms. The topological polar surface area (TPSA) is 79.5 Å². The quantitative estimate of drug-likeness (QED) is 0.500. The van der Waals surface area contributed by atoms with Gasteiger partial charge in [-0.1, -0.05) is 0 Å². The number of ether oxygens (including phenoxy) is 1. The Labute approximate surface area is 95.1 Å². The predicted molar refractivity (Wildman–Crippen MR) is 58.9 cm³/mol. The number of rotatable bonds is 5. The van der Waals surface area contributed by atoms with E-state index in [1.54, 1.807) is 0 Å². The van der Waals surface area contributed by atoms with E-state index in [-0.39, 0.29) is 23.8 Å². The molecule has 1 fully saturated rings. The van der Waals surface area contributed by atoms with E-state index >= 15 is 0 Å². The Balaban J connectivity index is 2.21. The number of carbonyl (C=O) groups excluding carboxylic acids is 2. The highest BCUT2D eigenvalue weighted by atomic mass is 16.5. The van der Waals surface area contributed by atoms with Gasteiger partial charge in [0.15, 0.2) is 0 Å². The summed E-state index contributed by atoms with van der Waals surface area (Å²) in [6.45, 7) is 3.38. The van der Waals surface area contributed by atoms with Gasteiger partial charge in [0.25, 0.3) is 0 Å². The molecule has 1 aliphatic heterocycles. The molecule has 6 heteroatoms. The van der Waals surface area contributed by atoms with E-state index in [0.717, 1.165) is 0 Å². The van der Waals surface area contributed by atoms with Crippen LogP contribution in [0.5, 0.6) is 0 Å². The van der Waals surface area contributed by atoms with Gasteiger partial charge in [-0.3, -0.25) is 9.59 Å². The minimum absolute atomic E-state index is 0.0257. The number of nitrogens with one attached hydrogen (secondary N) is 3. The average molecular weight is 229 g/mol. The molecule has 6 nitrogen and oxygen atoms in total. The first kappa shape index (κ1) is 12.9. The molecule has 16 heavy (non-hydrogen) atoms. The highest BCUT2D eigenvalue weighted by Gasteiger charge is 2.32. The Morgan fingerprint density at radius 1 is 1.25 bits per heavy atom. The number of amides is 2. The van der Waals surface area contributed by atoms with Gasteiger partial charge < -0.3 is 20.7 Å². The molecule has 0 aromatic rings. The minimum Gasteiger partial charge on any atom is -0.379 e. The van der Waals surface area contributed by atoms with Crippen LogP contribution in [0.2, 0.25) is 0 Å². The lowest BCUT2D eigenvalue weighted by Gasteiger charge is -2.16. The minimum atomic E-state index is -0.137. The zero-order valence-corrected chi connectivity index (χ0v) is 9.71. The van der Waals surface area contributed by atoms with Crippen LogP contribution >= 0.6 is 0 Å². The molecule has 1 saturated heterocycles. The molecule has 1 aliphatic rings. The molecule has 0 bridgehead atoms. The molecule has 2 amide bonds. The number of likely N-dealkylation sites (N-methyl/N-ethyl adjacent to an activating group) is 1. The van der Waals surface area contributed by atoms with Gasteiger partial charge in [0, 0.05) is 26.1 Å². The average Bonchev–Trinajstić information content (AvgIpc) is 2.71. The Morgan fingerprint density at radius 3 is 2.56 bits per heavy atom. The van der Waals surface area contributed by atoms with Gasteiger partial charge >= 0.3 is 0 Å². The van der Waals surface area contributed by atoms with Gasteiger partial charge in [-0.25, -0.2) is 0 Å². The normalized spacial score (nSPS) is 24.1. The maximum Gasteiger partial charge on any atom is 0.227 e. The van der Waals surface area contributed by atoms with Crippen LogP contribution in [-0.2, 0) is 14.3 Å². The highest BCUT2D eigenvalue weighted by molar-refractivity contribution is 5.80. The summed E-state index contributed by atoms with van der Waals surface area (Å²) >= 11 is 0. The predicted octanol–water partition coefficient (Wildman–Crippen LogP) is -1.53. The van der Waals surface area contributed by atoms with E-state index in [0.29, 0.717) is 26.3 Å². The lowest BCUT2D eigenvalue weighted by atomic mass is 10.0. The van der Waals surface area contributed by atoms with Gasteiger partial charge in [-0.05, 0) is 7.05 Å². The van der Waals surface area contributed by atoms with Gasteiger partial charge in [-0.2, -0.15) is 0 Å². The van der Waals surface area contributed by atoms with Crippen LogP contribution in [-0.4, -0.2) is 51.2 Å². The van der Waals surface area contributed by atoms with E-state index in [2.05, 4.69) is 16.0 Å². The second-order valence-electron chi connectivity index (χ2n) is 3.81. The van der Waals surface area contributed by atoms with Crippen molar-refractivity contribution in [2.24, 2.45) is 5.92 Å². The molecule has 2 atom stereocenters. The highest BCUT2D eigenvalue weighted by Crippen LogP contribution is 2.12. The summed E-state index contributed by atoms with van der Waals surface area (Å²) in [6.07, 6.45) is 0. The van der Waals surface area contributed by atoms with Crippen molar-refractivity contribution in [3.8, 4) is 0 Å². The van der Waals surface area contributed by atoms with Crippen LogP contribution in [0.4, 0.5) is 0 Å². The van der Waals surface area contributed by atoms with Crippen molar-refractivity contribution >= 4 is 11.8 Å². The van der Waals surface area contributed by atoms with E-state index in [9.17, 15) is 9.59 Å². The molecular weight excluding hydrogens is 210 g/mol. The Hall–Kier alpha value is -1.14. The first-order chi connectivity index (χ1) is 7.65. The molecule has 0 aliphatic carbocycles. The summed E-state index contributed by atoms with van der Waals surface area (Å²) < 4.78 is 5.23. The largest absolute Gasteiger partial charge is 0.379 e. The van der Waals surface area contributed by atoms with Gasteiger partial charge in [0.1, 0.15) is 0 Å². The SMILES string of the molecule is CNC1COCC1C(=O)NCCNC(C)=O. The summed E-state index contributed by atoms with van der Waals surface area (Å²) in [5.41, 5.74) is 0. The summed E-state index contributed by atoms with van der Waals surface area (Å²) in [7, 11) is 1.82. The molecule has 1 rings (SSSR count). The van der Waals surface area contributed by atoms with Crippen LogP contribution in [0.25, 0.3) is 0 Å². The van der Waals surface area contributed by atoms with Crippen LogP contribution < -0.4 is 16.0 Å². The summed E-state index contributed by atoms with van der Waals surface area (Å²) in [6, 6.07) is 0.0840. The lowest BCUT2D eigenvalue weighted by molar-refractivity contribution is -0.125. The van der Waals surface area contributed by atoms with Crippen molar-refractivity contribution in [1.29, 1.82) is 0 Å². The van der Waals surface area contributed by atoms with Crippen molar-refractivity contribution in [3.63, 3.8) is 0 Å². The first-order valence-corrected chi connectivity index (χ1v) is 5.42. The van der Waals surface area contributed by atoms with E-state index in [1.807, 2.05) is 7.05 Å². The van der Waals surface area contributed by atoms with Crippen LogP contribution in [0, 0.1) is 5.92 Å². The lowest BCUT2D eigenvalue weighted by Crippen LogP contribution is -2.44. The molecular formula is C10H19N3O3. The smallest absolute Gasteiger partial charge is 0.227 e. The summed E-state index contributed by atoms with van der Waals surface area (Å²) in [5, 5.41) is 8.43. The molecule has 0 aromatic carbocycles. The second-order valence-corrected chi connectivity index (χ2v) is 3.81. The molecule has 3 N–H and O–H groups in total. The third kappa shape index (κ3) is 3.79. The molecule has 0 radical (unpaired) electrons. The Bertz CT molecular complexity index is 258. The van der Waals surface area contributed by atoms with Gasteiger partial charge in [0.05, 0.1) is 19.1 Å². The maximum atomic E-state index is 11.7. The van der Waals surface area contributed by atoms with Crippen LogP contribution in [0.3, 0.4) is 0 Å². The maximum absolute atomic E-state index is 11.7. The molecule has 0 aromatic heterocycles. The molecule has 92 valence electrons. The molecule has 2 unspecified atom stereocenters. The van der Waals surface area contributed by atoms with Crippen molar-refractivity contribution < 1.29 is 14.3 Å². The van der Waals surface area contributed by atoms with Crippen LogP contribution in [0.15, 0.2) is 0 Å². The molecule has 0 saturated carbocycles. The van der Waals surface area contributed by atoms with Crippen molar-refractivity contribution in [1.82, 2.24) is 16.0 Å². The van der Waals surface area contributed by atoms with Crippen LogP contribution in [0.1, 0.15) is 6.92 Å². The summed E-state index contributed by atoms with van der Waals surface area (Å²) in [5.74, 6) is -0.254. The monoisotopic (exact) mass is 229 g/mol. The van der Waals surface area contributed by atoms with E-state index < -0.39 is 0 Å². The fourth-order valence-electron chi connectivity index (χ4n) is 1.65. The zero-order valence-electron chi connectivity index (χ0n) is 9.71. The van der Waals surface area contributed by atoms with Crippen molar-refractivity contribution in [3.05, 3.63) is 0 Å². The summed E-state index contributed by atoms with van der Waals surface area (Å²) in [4.78, 5) is 22.3. The van der Waals surface area contributed by atoms with Crippen molar-refractivity contribution in [2.75, 3.05) is 33.4 Å². The first-order valence-electron chi connectivity index (χ1n) is 5.42. The third-order valence-electron chi connectivity index (χ3n) is 2.59. The van der Waals surface area contributed by atoms with Crippen molar-refractivity contribution in [2.45, 2.75) is 13.0 Å². The number of carbonyl (C=O) groups is 2. The fraction of sp³-hybridized carbons (Fsp3) is 0.800. The van der Waals surface area contributed by atoms with E-state index in [4.69, 9.17) is 4.74 Å².